The normalized spacial score (nSPS) is 18.6. The maximum absolute atomic E-state index is 10.1. The van der Waals surface area contributed by atoms with Crippen molar-refractivity contribution in [1.82, 2.24) is 19.8 Å². The Morgan fingerprint density at radius 2 is 2.29 bits per heavy atom. The van der Waals surface area contributed by atoms with E-state index >= 15 is 0 Å². The average Bonchev–Trinajstić information content (AvgIpc) is 3.13. The molecule has 0 aliphatic carbocycles. The molecular formula is C13H11BrN4O2S. The number of phenols is 1. The van der Waals surface area contributed by atoms with Gasteiger partial charge in [0.1, 0.15) is 5.75 Å². The van der Waals surface area contributed by atoms with Crippen LogP contribution in [0.5, 0.6) is 5.75 Å². The van der Waals surface area contributed by atoms with Gasteiger partial charge in [-0.2, -0.15) is 9.61 Å². The van der Waals surface area contributed by atoms with Crippen molar-refractivity contribution >= 4 is 32.2 Å². The molecule has 3 aromatic rings. The molecule has 4 rings (SSSR count). The minimum absolute atomic E-state index is 0.195. The second-order valence-corrected chi connectivity index (χ2v) is 6.75. The zero-order valence-corrected chi connectivity index (χ0v) is 13.3. The molecule has 1 atom stereocenters. The lowest BCUT2D eigenvalue weighted by atomic mass is 10.1. The number of hydrogen-bond donors (Lipinski definition) is 1. The predicted molar refractivity (Wildman–Crippen MR) is 81.6 cm³/mol. The molecule has 0 bridgehead atoms. The number of phenolic OH excluding ortho intramolecular Hbond substituents is 1. The molecule has 6 nitrogen and oxygen atoms in total. The third-order valence-electron chi connectivity index (χ3n) is 3.50. The summed E-state index contributed by atoms with van der Waals surface area (Å²) in [6.07, 6.45) is 0.942. The van der Waals surface area contributed by atoms with Gasteiger partial charge in [-0.05, 0) is 24.6 Å². The highest BCUT2D eigenvalue weighted by Gasteiger charge is 2.25. The predicted octanol–water partition coefficient (Wildman–Crippen LogP) is 2.82. The van der Waals surface area contributed by atoms with Crippen LogP contribution in [0.3, 0.4) is 0 Å². The van der Waals surface area contributed by atoms with Crippen LogP contribution in [0.15, 0.2) is 22.7 Å². The SMILES string of the molecule is Oc1cc(Br)ccc1-c1nn2c(C3CCOC3)nnc2s1. The van der Waals surface area contributed by atoms with Crippen molar-refractivity contribution in [3.63, 3.8) is 0 Å². The van der Waals surface area contributed by atoms with E-state index in [4.69, 9.17) is 4.74 Å². The first-order valence-corrected chi connectivity index (χ1v) is 8.12. The molecule has 1 unspecified atom stereocenters. The van der Waals surface area contributed by atoms with Gasteiger partial charge in [0.2, 0.25) is 4.96 Å². The molecule has 3 heterocycles. The standard InChI is InChI=1S/C13H11BrN4O2S/c14-8-1-2-9(10(19)5-8)12-17-18-11(7-3-4-20-6-7)15-16-13(18)21-12/h1-2,5,7,19H,3-4,6H2. The van der Waals surface area contributed by atoms with E-state index < -0.39 is 0 Å². The van der Waals surface area contributed by atoms with Gasteiger partial charge < -0.3 is 9.84 Å². The quantitative estimate of drug-likeness (QED) is 0.754. The number of hydrogen-bond acceptors (Lipinski definition) is 6. The van der Waals surface area contributed by atoms with E-state index in [9.17, 15) is 5.11 Å². The zero-order chi connectivity index (χ0) is 14.4. The van der Waals surface area contributed by atoms with Gasteiger partial charge in [0, 0.05) is 17.0 Å². The van der Waals surface area contributed by atoms with Crippen LogP contribution >= 0.6 is 27.3 Å². The molecule has 1 saturated heterocycles. The number of halogens is 1. The Morgan fingerprint density at radius 3 is 3.05 bits per heavy atom. The number of rotatable bonds is 2. The maximum Gasteiger partial charge on any atom is 0.234 e. The van der Waals surface area contributed by atoms with Crippen LogP contribution in [-0.2, 0) is 4.74 Å². The van der Waals surface area contributed by atoms with Crippen LogP contribution in [0.2, 0.25) is 0 Å². The van der Waals surface area contributed by atoms with Crippen LogP contribution < -0.4 is 0 Å². The van der Waals surface area contributed by atoms with Crippen LogP contribution in [0.4, 0.5) is 0 Å². The fourth-order valence-corrected chi connectivity index (χ4v) is 3.65. The first-order chi connectivity index (χ1) is 10.2. The van der Waals surface area contributed by atoms with Gasteiger partial charge in [0.05, 0.1) is 12.2 Å². The monoisotopic (exact) mass is 366 g/mol. The number of fused-ring (bicyclic) bond motifs is 1. The number of aromatic nitrogens is 4. The van der Waals surface area contributed by atoms with E-state index in [0.717, 1.165) is 33.3 Å². The Bertz CT molecular complexity index is 810. The lowest BCUT2D eigenvalue weighted by Gasteiger charge is -2.02. The summed E-state index contributed by atoms with van der Waals surface area (Å²) in [7, 11) is 0. The number of ether oxygens (including phenoxy) is 1. The van der Waals surface area contributed by atoms with Crippen molar-refractivity contribution in [3.05, 3.63) is 28.5 Å². The fourth-order valence-electron chi connectivity index (χ4n) is 2.42. The molecule has 1 fully saturated rings. The molecule has 21 heavy (non-hydrogen) atoms. The molecule has 8 heteroatoms. The molecule has 1 N–H and O–H groups in total. The van der Waals surface area contributed by atoms with Gasteiger partial charge in [0.25, 0.3) is 0 Å². The summed E-state index contributed by atoms with van der Waals surface area (Å²) < 4.78 is 8.00. The fraction of sp³-hybridized carbons (Fsp3) is 0.308. The largest absolute Gasteiger partial charge is 0.507 e. The maximum atomic E-state index is 10.1. The van der Waals surface area contributed by atoms with E-state index in [2.05, 4.69) is 31.2 Å². The zero-order valence-electron chi connectivity index (χ0n) is 10.9. The summed E-state index contributed by atoms with van der Waals surface area (Å²) in [6.45, 7) is 1.42. The molecule has 0 amide bonds. The summed E-state index contributed by atoms with van der Waals surface area (Å²) in [5, 5.41) is 23.7. The van der Waals surface area contributed by atoms with Crippen LogP contribution in [-0.4, -0.2) is 38.1 Å². The summed E-state index contributed by atoms with van der Waals surface area (Å²) in [4.78, 5) is 0.731. The second-order valence-electron chi connectivity index (χ2n) is 4.88. The third-order valence-corrected chi connectivity index (χ3v) is 4.93. The number of aromatic hydroxyl groups is 1. The van der Waals surface area contributed by atoms with Gasteiger partial charge in [-0.3, -0.25) is 0 Å². The minimum atomic E-state index is 0.195. The van der Waals surface area contributed by atoms with E-state index in [1.807, 2.05) is 12.1 Å². The molecular weight excluding hydrogens is 356 g/mol. The van der Waals surface area contributed by atoms with Gasteiger partial charge >= 0.3 is 0 Å². The van der Waals surface area contributed by atoms with Crippen molar-refractivity contribution in [1.29, 1.82) is 0 Å². The summed E-state index contributed by atoms with van der Waals surface area (Å²) in [5.41, 5.74) is 0.697. The molecule has 1 aromatic carbocycles. The second kappa shape index (κ2) is 5.04. The molecule has 108 valence electrons. The van der Waals surface area contributed by atoms with Gasteiger partial charge in [0.15, 0.2) is 10.8 Å². The van der Waals surface area contributed by atoms with Crippen molar-refractivity contribution < 1.29 is 9.84 Å². The Labute approximate surface area is 132 Å². The van der Waals surface area contributed by atoms with Crippen LogP contribution in [0.1, 0.15) is 18.2 Å². The van der Waals surface area contributed by atoms with Gasteiger partial charge in [-0.25, -0.2) is 0 Å². The van der Waals surface area contributed by atoms with E-state index in [1.54, 1.807) is 10.6 Å². The third kappa shape index (κ3) is 2.23. The van der Waals surface area contributed by atoms with Gasteiger partial charge in [-0.15, -0.1) is 10.2 Å². The molecule has 0 radical (unpaired) electrons. The molecule has 1 aliphatic rings. The smallest absolute Gasteiger partial charge is 0.234 e. The molecule has 2 aromatic heterocycles. The molecule has 0 spiro atoms. The highest BCUT2D eigenvalue weighted by Crippen LogP contribution is 2.35. The van der Waals surface area contributed by atoms with E-state index in [1.165, 1.54) is 11.3 Å². The van der Waals surface area contributed by atoms with Crippen molar-refractivity contribution in [2.24, 2.45) is 0 Å². The average molecular weight is 367 g/mol. The van der Waals surface area contributed by atoms with Gasteiger partial charge in [-0.1, -0.05) is 27.3 Å². The molecule has 0 saturated carbocycles. The Balaban J connectivity index is 1.80. The van der Waals surface area contributed by atoms with E-state index in [-0.39, 0.29) is 11.7 Å². The molecule has 1 aliphatic heterocycles. The lowest BCUT2D eigenvalue weighted by Crippen LogP contribution is -2.04. The summed E-state index contributed by atoms with van der Waals surface area (Å²) in [5.74, 6) is 1.27. The van der Waals surface area contributed by atoms with Crippen LogP contribution in [0.25, 0.3) is 15.5 Å². The summed E-state index contributed by atoms with van der Waals surface area (Å²) in [6, 6.07) is 5.37. The highest BCUT2D eigenvalue weighted by atomic mass is 79.9. The Hall–Kier alpha value is -1.51. The van der Waals surface area contributed by atoms with Crippen molar-refractivity contribution in [2.45, 2.75) is 12.3 Å². The number of benzene rings is 1. The van der Waals surface area contributed by atoms with Crippen molar-refractivity contribution in [3.8, 4) is 16.3 Å². The highest BCUT2D eigenvalue weighted by molar-refractivity contribution is 9.10. The topological polar surface area (TPSA) is 72.5 Å². The first kappa shape index (κ1) is 13.2. The van der Waals surface area contributed by atoms with Crippen LogP contribution in [0, 0.1) is 0 Å². The summed E-state index contributed by atoms with van der Waals surface area (Å²) >= 11 is 4.75. The van der Waals surface area contributed by atoms with E-state index in [0.29, 0.717) is 12.2 Å². The lowest BCUT2D eigenvalue weighted by molar-refractivity contribution is 0.193. The minimum Gasteiger partial charge on any atom is -0.507 e. The van der Waals surface area contributed by atoms with Crippen molar-refractivity contribution in [2.75, 3.05) is 13.2 Å². The first-order valence-electron chi connectivity index (χ1n) is 6.51. The Morgan fingerprint density at radius 1 is 1.38 bits per heavy atom. The number of nitrogens with zero attached hydrogens (tertiary/aromatic N) is 4. The Kier molecular flexibility index (Phi) is 3.16.